The van der Waals surface area contributed by atoms with Gasteiger partial charge in [-0.1, -0.05) is 19.4 Å². The number of rotatable bonds is 7. The largest absolute Gasteiger partial charge is 0.356 e. The van der Waals surface area contributed by atoms with E-state index in [0.717, 1.165) is 42.2 Å². The molecule has 0 aromatic heterocycles. The van der Waals surface area contributed by atoms with Crippen molar-refractivity contribution in [2.24, 2.45) is 4.99 Å². The van der Waals surface area contributed by atoms with Crippen molar-refractivity contribution >= 4 is 17.7 Å². The van der Waals surface area contributed by atoms with Crippen molar-refractivity contribution in [3.63, 3.8) is 0 Å². The minimum Gasteiger partial charge on any atom is -0.356 e. The van der Waals surface area contributed by atoms with E-state index < -0.39 is 0 Å². The van der Waals surface area contributed by atoms with Crippen molar-refractivity contribution in [1.82, 2.24) is 10.6 Å². The molecule has 0 aliphatic carbocycles. The van der Waals surface area contributed by atoms with Gasteiger partial charge in [-0.2, -0.15) is 11.8 Å². The molecule has 1 aromatic carbocycles. The number of thioether (sulfide) groups is 1. The van der Waals surface area contributed by atoms with Crippen LogP contribution in [0, 0.1) is 5.82 Å². The first-order chi connectivity index (χ1) is 9.71. The van der Waals surface area contributed by atoms with Crippen molar-refractivity contribution in [3.05, 3.63) is 35.1 Å². The Bertz CT molecular complexity index is 435. The smallest absolute Gasteiger partial charge is 0.191 e. The highest BCUT2D eigenvalue weighted by Gasteiger charge is 2.05. The van der Waals surface area contributed by atoms with Crippen LogP contribution in [-0.2, 0) is 12.3 Å². The zero-order valence-corrected chi connectivity index (χ0v) is 13.3. The van der Waals surface area contributed by atoms with Gasteiger partial charge in [-0.15, -0.1) is 0 Å². The van der Waals surface area contributed by atoms with Crippen LogP contribution in [0.2, 0.25) is 0 Å². The highest BCUT2D eigenvalue weighted by atomic mass is 32.2. The number of aliphatic imine (C=N–C) groups is 1. The van der Waals surface area contributed by atoms with Gasteiger partial charge in [0.1, 0.15) is 5.82 Å². The maximum Gasteiger partial charge on any atom is 0.191 e. The number of hydrogen-bond acceptors (Lipinski definition) is 2. The molecule has 20 heavy (non-hydrogen) atoms. The molecule has 2 N–H and O–H groups in total. The van der Waals surface area contributed by atoms with Crippen molar-refractivity contribution in [2.45, 2.75) is 32.1 Å². The SMILES string of the molecule is CCCCNC(=NC)NCc1ccc(F)cc1CSC. The van der Waals surface area contributed by atoms with Crippen LogP contribution < -0.4 is 10.6 Å². The molecule has 0 amide bonds. The maximum absolute atomic E-state index is 13.3. The first-order valence-corrected chi connectivity index (χ1v) is 8.31. The molecule has 112 valence electrons. The van der Waals surface area contributed by atoms with E-state index in [9.17, 15) is 4.39 Å². The van der Waals surface area contributed by atoms with E-state index in [-0.39, 0.29) is 5.82 Å². The normalized spacial score (nSPS) is 11.5. The first kappa shape index (κ1) is 16.8. The van der Waals surface area contributed by atoms with Crippen LogP contribution in [0.5, 0.6) is 0 Å². The Kier molecular flexibility index (Phi) is 8.11. The number of halogens is 1. The van der Waals surface area contributed by atoms with Crippen LogP contribution >= 0.6 is 11.8 Å². The standard InChI is InChI=1S/C15H24FN3S/c1-4-5-8-18-15(17-2)19-10-12-6-7-14(16)9-13(12)11-20-3/h6-7,9H,4-5,8,10-11H2,1-3H3,(H2,17,18,19). The number of guanidine groups is 1. The van der Waals surface area contributed by atoms with Gasteiger partial charge in [0.25, 0.3) is 0 Å². The fourth-order valence-corrected chi connectivity index (χ4v) is 2.42. The minimum atomic E-state index is -0.178. The highest BCUT2D eigenvalue weighted by Crippen LogP contribution is 2.16. The van der Waals surface area contributed by atoms with Crippen molar-refractivity contribution in [3.8, 4) is 0 Å². The molecule has 0 aliphatic heterocycles. The van der Waals surface area contributed by atoms with Gasteiger partial charge in [-0.3, -0.25) is 4.99 Å². The fraction of sp³-hybridized carbons (Fsp3) is 0.533. The summed E-state index contributed by atoms with van der Waals surface area (Å²) in [6.07, 6.45) is 4.29. The second kappa shape index (κ2) is 9.64. The number of hydrogen-bond donors (Lipinski definition) is 2. The zero-order valence-electron chi connectivity index (χ0n) is 12.5. The molecule has 0 saturated carbocycles. The topological polar surface area (TPSA) is 36.4 Å². The van der Waals surface area contributed by atoms with Gasteiger partial charge in [-0.05, 0) is 35.9 Å². The Balaban J connectivity index is 2.59. The third-order valence-electron chi connectivity index (χ3n) is 2.96. The average molecular weight is 297 g/mol. The lowest BCUT2D eigenvalue weighted by molar-refractivity contribution is 0.625. The van der Waals surface area contributed by atoms with Crippen LogP contribution in [0.4, 0.5) is 4.39 Å². The number of nitrogens with one attached hydrogen (secondary N) is 2. The van der Waals surface area contributed by atoms with E-state index >= 15 is 0 Å². The molecule has 0 heterocycles. The summed E-state index contributed by atoms with van der Waals surface area (Å²) in [5.74, 6) is 1.43. The van der Waals surface area contributed by atoms with E-state index in [1.165, 1.54) is 6.07 Å². The Morgan fingerprint density at radius 1 is 1.30 bits per heavy atom. The molecule has 0 saturated heterocycles. The van der Waals surface area contributed by atoms with Gasteiger partial charge in [0, 0.05) is 25.9 Å². The van der Waals surface area contributed by atoms with Gasteiger partial charge >= 0.3 is 0 Å². The van der Waals surface area contributed by atoms with Crippen LogP contribution in [-0.4, -0.2) is 25.8 Å². The van der Waals surface area contributed by atoms with Gasteiger partial charge in [-0.25, -0.2) is 4.39 Å². The highest BCUT2D eigenvalue weighted by molar-refractivity contribution is 7.97. The monoisotopic (exact) mass is 297 g/mol. The predicted molar refractivity (Wildman–Crippen MR) is 86.7 cm³/mol. The van der Waals surface area contributed by atoms with Gasteiger partial charge in [0.2, 0.25) is 0 Å². The van der Waals surface area contributed by atoms with Crippen molar-refractivity contribution in [1.29, 1.82) is 0 Å². The summed E-state index contributed by atoms with van der Waals surface area (Å²) >= 11 is 1.69. The molecular weight excluding hydrogens is 273 g/mol. The van der Waals surface area contributed by atoms with E-state index in [1.807, 2.05) is 12.3 Å². The second-order valence-electron chi connectivity index (χ2n) is 4.55. The van der Waals surface area contributed by atoms with E-state index in [1.54, 1.807) is 24.9 Å². The Morgan fingerprint density at radius 3 is 2.75 bits per heavy atom. The lowest BCUT2D eigenvalue weighted by Gasteiger charge is -2.14. The summed E-state index contributed by atoms with van der Waals surface area (Å²) in [5, 5.41) is 6.53. The number of nitrogens with zero attached hydrogens (tertiary/aromatic N) is 1. The summed E-state index contributed by atoms with van der Waals surface area (Å²) < 4.78 is 13.3. The molecule has 0 radical (unpaired) electrons. The second-order valence-corrected chi connectivity index (χ2v) is 5.42. The first-order valence-electron chi connectivity index (χ1n) is 6.92. The maximum atomic E-state index is 13.3. The summed E-state index contributed by atoms with van der Waals surface area (Å²) in [6.45, 7) is 3.73. The van der Waals surface area contributed by atoms with Crippen LogP contribution in [0.15, 0.2) is 23.2 Å². The number of benzene rings is 1. The molecule has 3 nitrogen and oxygen atoms in total. The third kappa shape index (κ3) is 5.82. The van der Waals surface area contributed by atoms with Gasteiger partial charge in [0.15, 0.2) is 5.96 Å². The van der Waals surface area contributed by atoms with Crippen LogP contribution in [0.3, 0.4) is 0 Å². The molecule has 0 spiro atoms. The van der Waals surface area contributed by atoms with Gasteiger partial charge in [0.05, 0.1) is 0 Å². The lowest BCUT2D eigenvalue weighted by atomic mass is 10.1. The van der Waals surface area contributed by atoms with Crippen molar-refractivity contribution < 1.29 is 4.39 Å². The zero-order chi connectivity index (χ0) is 14.8. The van der Waals surface area contributed by atoms with E-state index in [2.05, 4.69) is 22.5 Å². The Labute approximate surface area is 125 Å². The predicted octanol–water partition coefficient (Wildman–Crippen LogP) is 3.15. The minimum absolute atomic E-state index is 0.178. The quantitative estimate of drug-likeness (QED) is 0.461. The summed E-state index contributed by atoms with van der Waals surface area (Å²) in [5.41, 5.74) is 2.15. The van der Waals surface area contributed by atoms with Gasteiger partial charge < -0.3 is 10.6 Å². The molecule has 0 fully saturated rings. The molecular formula is C15H24FN3S. The summed E-state index contributed by atoms with van der Waals surface area (Å²) in [6, 6.07) is 4.96. The third-order valence-corrected chi connectivity index (χ3v) is 3.56. The van der Waals surface area contributed by atoms with E-state index in [4.69, 9.17) is 0 Å². The fourth-order valence-electron chi connectivity index (χ4n) is 1.84. The Morgan fingerprint density at radius 2 is 2.10 bits per heavy atom. The average Bonchev–Trinajstić information content (AvgIpc) is 2.44. The van der Waals surface area contributed by atoms with Crippen LogP contribution in [0.25, 0.3) is 0 Å². The van der Waals surface area contributed by atoms with Crippen LogP contribution in [0.1, 0.15) is 30.9 Å². The Hall–Kier alpha value is -1.23. The molecule has 1 rings (SSSR count). The lowest BCUT2D eigenvalue weighted by Crippen LogP contribution is -2.37. The van der Waals surface area contributed by atoms with E-state index in [0.29, 0.717) is 6.54 Å². The molecule has 0 unspecified atom stereocenters. The molecule has 5 heteroatoms. The molecule has 0 bridgehead atoms. The molecule has 1 aromatic rings. The molecule has 0 aliphatic rings. The molecule has 0 atom stereocenters. The summed E-state index contributed by atoms with van der Waals surface area (Å²) in [4.78, 5) is 4.18. The summed E-state index contributed by atoms with van der Waals surface area (Å²) in [7, 11) is 1.76. The number of unbranched alkanes of at least 4 members (excludes halogenated alkanes) is 1. The van der Waals surface area contributed by atoms with Crippen molar-refractivity contribution in [2.75, 3.05) is 19.8 Å².